The van der Waals surface area contributed by atoms with Gasteiger partial charge < -0.3 is 10.6 Å². The molecular weight excluding hydrogens is 269 g/mol. The molecule has 0 aliphatic rings. The van der Waals surface area contributed by atoms with Crippen LogP contribution in [0.3, 0.4) is 0 Å². The van der Waals surface area contributed by atoms with Crippen molar-refractivity contribution in [3.05, 3.63) is 59.4 Å². The van der Waals surface area contributed by atoms with Crippen LogP contribution in [0.2, 0.25) is 0 Å². The van der Waals surface area contributed by atoms with Gasteiger partial charge in [-0.1, -0.05) is 0 Å². The Morgan fingerprint density at radius 1 is 0.950 bits per heavy atom. The molecular formula is C14H11F3N2O. The van der Waals surface area contributed by atoms with Crippen LogP contribution >= 0.6 is 0 Å². The third-order valence-corrected chi connectivity index (χ3v) is 2.72. The van der Waals surface area contributed by atoms with Crippen LogP contribution in [-0.4, -0.2) is 13.0 Å². The van der Waals surface area contributed by atoms with Gasteiger partial charge in [-0.25, -0.2) is 13.2 Å². The molecule has 104 valence electrons. The highest BCUT2D eigenvalue weighted by molar-refractivity contribution is 6.04. The quantitative estimate of drug-likeness (QED) is 0.846. The fourth-order valence-corrected chi connectivity index (χ4v) is 1.61. The van der Waals surface area contributed by atoms with Crippen LogP contribution in [0.25, 0.3) is 0 Å². The molecule has 3 nitrogen and oxygen atoms in total. The Morgan fingerprint density at radius 2 is 1.60 bits per heavy atom. The maximum atomic E-state index is 13.4. The van der Waals surface area contributed by atoms with Crippen molar-refractivity contribution in [2.45, 2.75) is 0 Å². The number of nitrogens with one attached hydrogen (secondary N) is 2. The predicted molar refractivity (Wildman–Crippen MR) is 70.3 cm³/mol. The van der Waals surface area contributed by atoms with Gasteiger partial charge in [-0.05, 0) is 36.4 Å². The molecule has 0 spiro atoms. The molecule has 2 N–H and O–H groups in total. The molecule has 0 atom stereocenters. The third-order valence-electron chi connectivity index (χ3n) is 2.72. The molecule has 0 aliphatic carbocycles. The Hall–Kier alpha value is -2.50. The number of hydrogen-bond acceptors (Lipinski definition) is 2. The number of carbonyl (C=O) groups excluding carboxylic acids is 1. The highest BCUT2D eigenvalue weighted by Crippen LogP contribution is 2.20. The first-order valence-electron chi connectivity index (χ1n) is 5.75. The first-order chi connectivity index (χ1) is 9.52. The first-order valence-corrected chi connectivity index (χ1v) is 5.75. The van der Waals surface area contributed by atoms with Gasteiger partial charge in [0.15, 0.2) is 17.5 Å². The average Bonchev–Trinajstić information content (AvgIpc) is 2.48. The van der Waals surface area contributed by atoms with Crippen molar-refractivity contribution >= 4 is 17.3 Å². The molecule has 0 bridgehead atoms. The zero-order valence-corrected chi connectivity index (χ0v) is 10.5. The van der Waals surface area contributed by atoms with Gasteiger partial charge in [-0.15, -0.1) is 0 Å². The van der Waals surface area contributed by atoms with Crippen molar-refractivity contribution < 1.29 is 18.0 Å². The average molecular weight is 280 g/mol. The minimum Gasteiger partial charge on any atom is -0.388 e. The summed E-state index contributed by atoms with van der Waals surface area (Å²) in [5, 5.41) is 5.07. The van der Waals surface area contributed by atoms with Crippen LogP contribution in [0.1, 0.15) is 10.4 Å². The number of benzene rings is 2. The molecule has 0 fully saturated rings. The topological polar surface area (TPSA) is 41.1 Å². The van der Waals surface area contributed by atoms with E-state index in [1.807, 2.05) is 0 Å². The third kappa shape index (κ3) is 2.74. The lowest BCUT2D eigenvalue weighted by Crippen LogP contribution is -2.13. The number of carbonyl (C=O) groups is 1. The number of hydrogen-bond donors (Lipinski definition) is 2. The molecule has 2 aromatic rings. The maximum Gasteiger partial charge on any atom is 0.255 e. The molecule has 6 heteroatoms. The Balaban J connectivity index is 2.21. The molecule has 1 amide bonds. The van der Waals surface area contributed by atoms with Crippen LogP contribution in [0.15, 0.2) is 36.4 Å². The fourth-order valence-electron chi connectivity index (χ4n) is 1.61. The van der Waals surface area contributed by atoms with Gasteiger partial charge >= 0.3 is 0 Å². The summed E-state index contributed by atoms with van der Waals surface area (Å²) in [5.74, 6) is -4.96. The van der Waals surface area contributed by atoms with Crippen LogP contribution in [0, 0.1) is 17.5 Å². The van der Waals surface area contributed by atoms with E-state index in [9.17, 15) is 18.0 Å². The Kier molecular flexibility index (Phi) is 3.93. The van der Waals surface area contributed by atoms with Gasteiger partial charge in [0.25, 0.3) is 5.91 Å². The van der Waals surface area contributed by atoms with Crippen molar-refractivity contribution in [1.82, 2.24) is 0 Å². The number of halogens is 3. The monoisotopic (exact) mass is 280 g/mol. The summed E-state index contributed by atoms with van der Waals surface area (Å²) >= 11 is 0. The van der Waals surface area contributed by atoms with E-state index in [1.54, 1.807) is 19.2 Å². The van der Waals surface area contributed by atoms with E-state index in [0.717, 1.165) is 17.8 Å². The fraction of sp³-hybridized carbons (Fsp3) is 0.0714. The highest BCUT2D eigenvalue weighted by atomic mass is 19.2. The Labute approximate surface area is 113 Å². The molecule has 0 aliphatic heterocycles. The van der Waals surface area contributed by atoms with E-state index in [4.69, 9.17) is 0 Å². The Morgan fingerprint density at radius 3 is 2.20 bits per heavy atom. The second kappa shape index (κ2) is 5.64. The smallest absolute Gasteiger partial charge is 0.255 e. The lowest BCUT2D eigenvalue weighted by atomic mass is 10.2. The molecule has 20 heavy (non-hydrogen) atoms. The standard InChI is InChI=1S/C14H11F3N2O/c1-18-9-4-2-8(3-5-9)14(20)19-11-7-6-10(15)12(16)13(11)17/h2-7,18H,1H3,(H,19,20). The molecule has 2 aromatic carbocycles. The largest absolute Gasteiger partial charge is 0.388 e. The molecule has 0 radical (unpaired) electrons. The zero-order valence-electron chi connectivity index (χ0n) is 10.5. The SMILES string of the molecule is CNc1ccc(C(=O)Nc2ccc(F)c(F)c2F)cc1. The zero-order chi connectivity index (χ0) is 14.7. The van der Waals surface area contributed by atoms with E-state index >= 15 is 0 Å². The van der Waals surface area contributed by atoms with Crippen molar-refractivity contribution in [3.8, 4) is 0 Å². The summed E-state index contributed by atoms with van der Waals surface area (Å²) < 4.78 is 39.2. The van der Waals surface area contributed by atoms with Gasteiger partial charge in [-0.3, -0.25) is 4.79 Å². The lowest BCUT2D eigenvalue weighted by Gasteiger charge is -2.08. The predicted octanol–water partition coefficient (Wildman–Crippen LogP) is 3.40. The van der Waals surface area contributed by atoms with Crippen molar-refractivity contribution in [3.63, 3.8) is 0 Å². The second-order valence-electron chi connectivity index (χ2n) is 4.00. The summed E-state index contributed by atoms with van der Waals surface area (Å²) in [4.78, 5) is 11.8. The maximum absolute atomic E-state index is 13.4. The van der Waals surface area contributed by atoms with Gasteiger partial charge in [0.2, 0.25) is 0 Å². The first kappa shape index (κ1) is 13.9. The van der Waals surface area contributed by atoms with E-state index in [1.165, 1.54) is 12.1 Å². The van der Waals surface area contributed by atoms with E-state index in [0.29, 0.717) is 0 Å². The van der Waals surface area contributed by atoms with Gasteiger partial charge in [0, 0.05) is 18.3 Å². The molecule has 0 aromatic heterocycles. The summed E-state index contributed by atoms with van der Waals surface area (Å²) in [6.45, 7) is 0. The van der Waals surface area contributed by atoms with Gasteiger partial charge in [0.1, 0.15) is 0 Å². The van der Waals surface area contributed by atoms with E-state index in [2.05, 4.69) is 10.6 Å². The summed E-state index contributed by atoms with van der Waals surface area (Å²) in [7, 11) is 1.73. The number of anilines is 2. The molecule has 0 saturated heterocycles. The van der Waals surface area contributed by atoms with Crippen LogP contribution < -0.4 is 10.6 Å². The van der Waals surface area contributed by atoms with Gasteiger partial charge in [0.05, 0.1) is 5.69 Å². The second-order valence-corrected chi connectivity index (χ2v) is 4.00. The summed E-state index contributed by atoms with van der Waals surface area (Å²) in [6.07, 6.45) is 0. The number of amides is 1. The minimum atomic E-state index is -1.62. The summed E-state index contributed by atoms with van der Waals surface area (Å²) in [5.41, 5.74) is 0.667. The van der Waals surface area contributed by atoms with Crippen LogP contribution in [0.4, 0.5) is 24.5 Å². The summed E-state index contributed by atoms with van der Waals surface area (Å²) in [6, 6.07) is 8.09. The van der Waals surface area contributed by atoms with Crippen LogP contribution in [-0.2, 0) is 0 Å². The van der Waals surface area contributed by atoms with E-state index < -0.39 is 29.0 Å². The van der Waals surface area contributed by atoms with Crippen molar-refractivity contribution in [1.29, 1.82) is 0 Å². The molecule has 0 heterocycles. The van der Waals surface area contributed by atoms with Crippen molar-refractivity contribution in [2.24, 2.45) is 0 Å². The molecule has 0 unspecified atom stereocenters. The normalized spacial score (nSPS) is 10.2. The van der Waals surface area contributed by atoms with Gasteiger partial charge in [-0.2, -0.15) is 0 Å². The molecule has 2 rings (SSSR count). The highest BCUT2D eigenvalue weighted by Gasteiger charge is 2.15. The van der Waals surface area contributed by atoms with Crippen molar-refractivity contribution in [2.75, 3.05) is 17.7 Å². The molecule has 0 saturated carbocycles. The van der Waals surface area contributed by atoms with E-state index in [-0.39, 0.29) is 5.56 Å². The lowest BCUT2D eigenvalue weighted by molar-refractivity contribution is 0.102. The van der Waals surface area contributed by atoms with Crippen LogP contribution in [0.5, 0.6) is 0 Å². The minimum absolute atomic E-state index is 0.271. The Bertz CT molecular complexity index is 642. The number of rotatable bonds is 3.